The number of nitrogens with zero attached hydrogens (tertiary/aromatic N) is 3. The molecule has 23 heavy (non-hydrogen) atoms. The minimum Gasteiger partial charge on any atom is -0.361 e. The van der Waals surface area contributed by atoms with Gasteiger partial charge < -0.3 is 10.3 Å². The van der Waals surface area contributed by atoms with E-state index in [9.17, 15) is 9.18 Å². The van der Waals surface area contributed by atoms with Gasteiger partial charge in [-0.25, -0.2) is 9.37 Å². The van der Waals surface area contributed by atoms with Crippen molar-refractivity contribution in [2.45, 2.75) is 6.42 Å². The quantitative estimate of drug-likeness (QED) is 0.603. The number of rotatable bonds is 4. The van der Waals surface area contributed by atoms with Crippen LogP contribution in [0.4, 0.5) is 9.52 Å². The Labute approximate surface area is 133 Å². The summed E-state index contributed by atoms with van der Waals surface area (Å²) in [6.45, 7) is 0.652. The van der Waals surface area contributed by atoms with Crippen molar-refractivity contribution in [2.75, 3.05) is 11.9 Å². The van der Waals surface area contributed by atoms with Gasteiger partial charge in [0.25, 0.3) is 5.56 Å². The second-order valence-electron chi connectivity index (χ2n) is 5.07. The molecule has 116 valence electrons. The van der Waals surface area contributed by atoms with Gasteiger partial charge in [-0.15, -0.1) is 5.10 Å². The molecule has 4 rings (SSSR count). The van der Waals surface area contributed by atoms with E-state index in [1.165, 1.54) is 40.2 Å². The first-order valence-electron chi connectivity index (χ1n) is 7.05. The molecule has 3 heterocycles. The van der Waals surface area contributed by atoms with Gasteiger partial charge in [0.2, 0.25) is 10.1 Å². The fourth-order valence-corrected chi connectivity index (χ4v) is 3.29. The third-order valence-electron chi connectivity index (χ3n) is 3.57. The number of benzene rings is 1. The summed E-state index contributed by atoms with van der Waals surface area (Å²) in [5, 5.41) is 9.05. The molecule has 0 spiro atoms. The van der Waals surface area contributed by atoms with E-state index in [0.29, 0.717) is 16.6 Å². The molecule has 0 aliphatic carbocycles. The molecule has 0 radical (unpaired) electrons. The topological polar surface area (TPSA) is 75.1 Å². The van der Waals surface area contributed by atoms with E-state index in [1.807, 2.05) is 6.20 Å². The van der Waals surface area contributed by atoms with Crippen molar-refractivity contribution in [1.82, 2.24) is 19.6 Å². The summed E-state index contributed by atoms with van der Waals surface area (Å²) in [7, 11) is 0. The van der Waals surface area contributed by atoms with Gasteiger partial charge in [0.1, 0.15) is 5.82 Å². The molecule has 0 fully saturated rings. The van der Waals surface area contributed by atoms with Crippen LogP contribution in [0.5, 0.6) is 0 Å². The van der Waals surface area contributed by atoms with Crippen LogP contribution in [0.25, 0.3) is 15.9 Å². The number of aromatic amines is 1. The second-order valence-corrected chi connectivity index (χ2v) is 6.02. The second kappa shape index (κ2) is 5.47. The fraction of sp³-hybridized carbons (Fsp3) is 0.133. The summed E-state index contributed by atoms with van der Waals surface area (Å²) in [6.07, 6.45) is 4.12. The summed E-state index contributed by atoms with van der Waals surface area (Å²) in [5.74, 6) is -0.253. The minimum absolute atomic E-state index is 0.196. The van der Waals surface area contributed by atoms with Crippen molar-refractivity contribution in [3.63, 3.8) is 0 Å². The predicted molar refractivity (Wildman–Crippen MR) is 87.6 cm³/mol. The van der Waals surface area contributed by atoms with E-state index in [0.717, 1.165) is 22.9 Å². The average Bonchev–Trinajstić information content (AvgIpc) is 3.12. The molecule has 4 aromatic rings. The Balaban J connectivity index is 1.50. The third-order valence-corrected chi connectivity index (χ3v) is 4.45. The zero-order valence-electron chi connectivity index (χ0n) is 11.9. The number of halogens is 1. The Morgan fingerprint density at radius 3 is 3.13 bits per heavy atom. The molecule has 0 unspecified atom stereocenters. The van der Waals surface area contributed by atoms with Crippen molar-refractivity contribution < 1.29 is 4.39 Å². The van der Waals surface area contributed by atoms with Crippen LogP contribution in [0.2, 0.25) is 0 Å². The largest absolute Gasteiger partial charge is 0.361 e. The van der Waals surface area contributed by atoms with E-state index < -0.39 is 0 Å². The van der Waals surface area contributed by atoms with E-state index in [4.69, 9.17) is 0 Å². The van der Waals surface area contributed by atoms with Gasteiger partial charge in [-0.2, -0.15) is 4.52 Å². The first-order chi connectivity index (χ1) is 11.2. The smallest absolute Gasteiger partial charge is 0.275 e. The van der Waals surface area contributed by atoms with E-state index in [2.05, 4.69) is 20.4 Å². The highest BCUT2D eigenvalue weighted by atomic mass is 32.1. The zero-order valence-corrected chi connectivity index (χ0v) is 12.7. The Kier molecular flexibility index (Phi) is 3.30. The number of hydrogen-bond donors (Lipinski definition) is 2. The Bertz CT molecular complexity index is 1050. The highest BCUT2D eigenvalue weighted by Crippen LogP contribution is 2.20. The molecule has 0 bridgehead atoms. The van der Waals surface area contributed by atoms with Crippen molar-refractivity contribution in [2.24, 2.45) is 0 Å². The molecule has 0 amide bonds. The number of H-pyrrole nitrogens is 1. The van der Waals surface area contributed by atoms with Gasteiger partial charge >= 0.3 is 0 Å². The van der Waals surface area contributed by atoms with Crippen LogP contribution in [0.3, 0.4) is 0 Å². The first-order valence-corrected chi connectivity index (χ1v) is 7.86. The molecular formula is C15H12FN5OS. The predicted octanol–water partition coefficient (Wildman–Crippen LogP) is 2.43. The third kappa shape index (κ3) is 2.57. The van der Waals surface area contributed by atoms with Crippen LogP contribution >= 0.6 is 11.3 Å². The maximum absolute atomic E-state index is 13.2. The molecule has 2 N–H and O–H groups in total. The summed E-state index contributed by atoms with van der Waals surface area (Å²) in [5.41, 5.74) is 1.69. The molecule has 0 aliphatic rings. The van der Waals surface area contributed by atoms with Crippen LogP contribution < -0.4 is 10.9 Å². The zero-order chi connectivity index (χ0) is 15.8. The van der Waals surface area contributed by atoms with Crippen molar-refractivity contribution in [3.05, 3.63) is 58.4 Å². The van der Waals surface area contributed by atoms with Crippen molar-refractivity contribution in [3.8, 4) is 0 Å². The number of aromatic nitrogens is 4. The monoisotopic (exact) mass is 329 g/mol. The van der Waals surface area contributed by atoms with Crippen molar-refractivity contribution in [1.29, 1.82) is 0 Å². The molecule has 8 heteroatoms. The molecule has 0 saturated heterocycles. The molecule has 0 saturated carbocycles. The molecule has 0 atom stereocenters. The van der Waals surface area contributed by atoms with Gasteiger partial charge in [0.15, 0.2) is 0 Å². The Morgan fingerprint density at radius 2 is 2.26 bits per heavy atom. The highest BCUT2D eigenvalue weighted by Gasteiger charge is 2.07. The average molecular weight is 329 g/mol. The lowest BCUT2D eigenvalue weighted by Crippen LogP contribution is -2.13. The van der Waals surface area contributed by atoms with Crippen LogP contribution in [-0.4, -0.2) is 26.1 Å². The highest BCUT2D eigenvalue weighted by molar-refractivity contribution is 7.20. The minimum atomic E-state index is -0.253. The van der Waals surface area contributed by atoms with Gasteiger partial charge in [-0.3, -0.25) is 4.79 Å². The van der Waals surface area contributed by atoms with E-state index >= 15 is 0 Å². The standard InChI is InChI=1S/C15H12FN5OS/c16-10-1-2-11-9(8-19-12(11)7-10)3-5-17-14-20-21-13(22)4-6-18-15(21)23-14/h1-2,4,6-8,19H,3,5H2,(H,17,20). The summed E-state index contributed by atoms with van der Waals surface area (Å²) >= 11 is 1.33. The summed E-state index contributed by atoms with van der Waals surface area (Å²) < 4.78 is 14.5. The van der Waals surface area contributed by atoms with Gasteiger partial charge in [0.05, 0.1) is 0 Å². The molecule has 1 aromatic carbocycles. The van der Waals surface area contributed by atoms with Crippen molar-refractivity contribution >= 4 is 32.3 Å². The Hall–Kier alpha value is -2.74. The molecule has 0 aliphatic heterocycles. The lowest BCUT2D eigenvalue weighted by atomic mass is 10.1. The summed E-state index contributed by atoms with van der Waals surface area (Å²) in [4.78, 5) is 19.4. The molecule has 3 aromatic heterocycles. The Morgan fingerprint density at radius 1 is 1.35 bits per heavy atom. The number of nitrogens with one attached hydrogen (secondary N) is 2. The maximum Gasteiger partial charge on any atom is 0.275 e. The summed E-state index contributed by atoms with van der Waals surface area (Å²) in [6, 6.07) is 6.09. The lowest BCUT2D eigenvalue weighted by Gasteiger charge is -2.01. The fourth-order valence-electron chi connectivity index (χ4n) is 2.48. The van der Waals surface area contributed by atoms with Crippen LogP contribution in [0, 0.1) is 5.82 Å². The van der Waals surface area contributed by atoms with Gasteiger partial charge in [-0.1, -0.05) is 11.3 Å². The van der Waals surface area contributed by atoms with Gasteiger partial charge in [0, 0.05) is 35.9 Å². The SMILES string of the molecule is O=c1ccnc2sc(NCCc3c[nH]c4cc(F)ccc34)nn12. The first kappa shape index (κ1) is 13.9. The van der Waals surface area contributed by atoms with E-state index in [-0.39, 0.29) is 11.4 Å². The maximum atomic E-state index is 13.2. The van der Waals surface area contributed by atoms with Crippen LogP contribution in [0.1, 0.15) is 5.56 Å². The lowest BCUT2D eigenvalue weighted by molar-refractivity contribution is 0.629. The van der Waals surface area contributed by atoms with Gasteiger partial charge in [-0.05, 0) is 30.2 Å². The number of hydrogen-bond acceptors (Lipinski definition) is 5. The number of anilines is 1. The van der Waals surface area contributed by atoms with E-state index in [1.54, 1.807) is 6.07 Å². The normalized spacial score (nSPS) is 11.3. The van der Waals surface area contributed by atoms with Crippen LogP contribution in [-0.2, 0) is 6.42 Å². The molecule has 6 nitrogen and oxygen atoms in total. The molecular weight excluding hydrogens is 317 g/mol. The number of fused-ring (bicyclic) bond motifs is 2. The van der Waals surface area contributed by atoms with Crippen LogP contribution in [0.15, 0.2) is 41.5 Å².